The van der Waals surface area contributed by atoms with Crippen molar-refractivity contribution in [2.24, 2.45) is 0 Å². The predicted molar refractivity (Wildman–Crippen MR) is 83.4 cm³/mol. The number of aromatic nitrogens is 2. The van der Waals surface area contributed by atoms with Gasteiger partial charge in [0, 0.05) is 18.8 Å². The van der Waals surface area contributed by atoms with Gasteiger partial charge in [0.2, 0.25) is 0 Å². The number of likely N-dealkylation sites (tertiary alicyclic amines) is 1. The van der Waals surface area contributed by atoms with Crippen molar-refractivity contribution in [1.29, 1.82) is 0 Å². The molecule has 1 aromatic carbocycles. The van der Waals surface area contributed by atoms with Gasteiger partial charge in [0.25, 0.3) is 5.91 Å². The second-order valence-electron chi connectivity index (χ2n) is 6.31. The van der Waals surface area contributed by atoms with Crippen molar-refractivity contribution in [3.8, 4) is 0 Å². The molecule has 2 heterocycles. The topological polar surface area (TPSA) is 58.4 Å². The second kappa shape index (κ2) is 6.32. The number of aliphatic hydroxyl groups is 1. The quantitative estimate of drug-likeness (QED) is 0.938. The van der Waals surface area contributed by atoms with E-state index in [1.54, 1.807) is 16.9 Å². The molecule has 1 saturated heterocycles. The molecule has 1 amide bonds. The van der Waals surface area contributed by atoms with Crippen molar-refractivity contribution in [1.82, 2.24) is 14.7 Å². The number of halogens is 2. The molecule has 1 aromatic heterocycles. The average Bonchev–Trinajstić information content (AvgIpc) is 3.16. The Morgan fingerprint density at radius 2 is 2.04 bits per heavy atom. The molecule has 2 aromatic rings. The lowest BCUT2D eigenvalue weighted by molar-refractivity contribution is 0.0708. The summed E-state index contributed by atoms with van der Waals surface area (Å²) in [5, 5.41) is 14.2. The zero-order valence-electron chi connectivity index (χ0n) is 13.5. The SMILES string of the molecule is CC(C)n1ccc(C(=O)N2C[C@@H](O)C[C@H]2c2ccc(F)c(F)c2)n1. The van der Waals surface area contributed by atoms with Crippen LogP contribution >= 0.6 is 0 Å². The van der Waals surface area contributed by atoms with Gasteiger partial charge in [-0.05, 0) is 44.0 Å². The molecule has 1 fully saturated rings. The smallest absolute Gasteiger partial charge is 0.274 e. The molecule has 24 heavy (non-hydrogen) atoms. The number of nitrogens with zero attached hydrogens (tertiary/aromatic N) is 3. The molecule has 0 saturated carbocycles. The zero-order chi connectivity index (χ0) is 17.4. The molecule has 1 aliphatic rings. The number of carbonyl (C=O) groups is 1. The van der Waals surface area contributed by atoms with Gasteiger partial charge >= 0.3 is 0 Å². The van der Waals surface area contributed by atoms with Gasteiger partial charge in [-0.3, -0.25) is 9.48 Å². The molecule has 128 valence electrons. The molecular formula is C17H19F2N3O2. The monoisotopic (exact) mass is 335 g/mol. The fourth-order valence-electron chi connectivity index (χ4n) is 2.96. The van der Waals surface area contributed by atoms with E-state index in [-0.39, 0.29) is 30.6 Å². The lowest BCUT2D eigenvalue weighted by atomic mass is 10.0. The van der Waals surface area contributed by atoms with Crippen LogP contribution in [0.15, 0.2) is 30.5 Å². The maximum Gasteiger partial charge on any atom is 0.274 e. The molecule has 7 heteroatoms. The Balaban J connectivity index is 1.89. The molecule has 2 atom stereocenters. The summed E-state index contributed by atoms with van der Waals surface area (Å²) < 4.78 is 28.3. The van der Waals surface area contributed by atoms with Crippen LogP contribution in [-0.2, 0) is 0 Å². The highest BCUT2D eigenvalue weighted by atomic mass is 19.2. The summed E-state index contributed by atoms with van der Waals surface area (Å²) in [5.74, 6) is -2.24. The predicted octanol–water partition coefficient (Wildman–Crippen LogP) is 2.69. The highest BCUT2D eigenvalue weighted by Gasteiger charge is 2.36. The van der Waals surface area contributed by atoms with Crippen molar-refractivity contribution in [3.05, 3.63) is 53.4 Å². The second-order valence-corrected chi connectivity index (χ2v) is 6.31. The van der Waals surface area contributed by atoms with Gasteiger partial charge in [0.1, 0.15) is 5.69 Å². The number of amides is 1. The number of rotatable bonds is 3. The summed E-state index contributed by atoms with van der Waals surface area (Å²) in [5.41, 5.74) is 0.729. The average molecular weight is 335 g/mol. The summed E-state index contributed by atoms with van der Waals surface area (Å²) in [6.45, 7) is 4.03. The first kappa shape index (κ1) is 16.6. The molecule has 0 aliphatic carbocycles. The van der Waals surface area contributed by atoms with Crippen LogP contribution in [0, 0.1) is 11.6 Å². The summed E-state index contributed by atoms with van der Waals surface area (Å²) in [7, 11) is 0. The van der Waals surface area contributed by atoms with Crippen LogP contribution < -0.4 is 0 Å². The van der Waals surface area contributed by atoms with Gasteiger partial charge in [-0.2, -0.15) is 5.10 Å². The van der Waals surface area contributed by atoms with Crippen LogP contribution in [0.5, 0.6) is 0 Å². The van der Waals surface area contributed by atoms with E-state index in [4.69, 9.17) is 0 Å². The van der Waals surface area contributed by atoms with Crippen molar-refractivity contribution in [2.45, 2.75) is 38.5 Å². The van der Waals surface area contributed by atoms with E-state index < -0.39 is 23.8 Å². The third-order valence-electron chi connectivity index (χ3n) is 4.22. The summed E-state index contributed by atoms with van der Waals surface area (Å²) in [4.78, 5) is 14.2. The molecule has 1 N–H and O–H groups in total. The Morgan fingerprint density at radius 1 is 1.29 bits per heavy atom. The number of carbonyl (C=O) groups excluding carboxylic acids is 1. The van der Waals surface area contributed by atoms with Crippen LogP contribution in [0.1, 0.15) is 48.4 Å². The van der Waals surface area contributed by atoms with Crippen molar-refractivity contribution < 1.29 is 18.7 Å². The van der Waals surface area contributed by atoms with E-state index in [2.05, 4.69) is 5.10 Å². The van der Waals surface area contributed by atoms with Crippen molar-refractivity contribution >= 4 is 5.91 Å². The zero-order valence-corrected chi connectivity index (χ0v) is 13.5. The minimum atomic E-state index is -0.967. The fourth-order valence-corrected chi connectivity index (χ4v) is 2.96. The summed E-state index contributed by atoms with van der Waals surface area (Å²) >= 11 is 0. The third-order valence-corrected chi connectivity index (χ3v) is 4.22. The summed E-state index contributed by atoms with van der Waals surface area (Å²) in [6.07, 6.45) is 1.29. The van der Waals surface area contributed by atoms with Crippen LogP contribution in [0.3, 0.4) is 0 Å². The van der Waals surface area contributed by atoms with Crippen LogP contribution in [0.2, 0.25) is 0 Å². The lowest BCUT2D eigenvalue weighted by Crippen LogP contribution is -2.32. The molecule has 3 rings (SSSR count). The molecule has 0 radical (unpaired) electrons. The van der Waals surface area contributed by atoms with Gasteiger partial charge < -0.3 is 10.0 Å². The highest BCUT2D eigenvalue weighted by molar-refractivity contribution is 5.92. The van der Waals surface area contributed by atoms with E-state index in [0.29, 0.717) is 5.56 Å². The number of benzene rings is 1. The van der Waals surface area contributed by atoms with Crippen LogP contribution in [-0.4, -0.2) is 38.3 Å². The third kappa shape index (κ3) is 3.03. The number of aliphatic hydroxyl groups excluding tert-OH is 1. The van der Waals surface area contributed by atoms with Crippen LogP contribution in [0.25, 0.3) is 0 Å². The Kier molecular flexibility index (Phi) is 4.36. The van der Waals surface area contributed by atoms with Gasteiger partial charge in [0.15, 0.2) is 11.6 Å². The van der Waals surface area contributed by atoms with Gasteiger partial charge in [-0.1, -0.05) is 6.07 Å². The van der Waals surface area contributed by atoms with E-state index in [1.807, 2.05) is 13.8 Å². The molecular weight excluding hydrogens is 316 g/mol. The maximum absolute atomic E-state index is 13.5. The first-order valence-electron chi connectivity index (χ1n) is 7.86. The molecule has 1 aliphatic heterocycles. The minimum absolute atomic E-state index is 0.123. The normalized spacial score (nSPS) is 20.8. The van der Waals surface area contributed by atoms with Gasteiger partial charge in [-0.25, -0.2) is 8.78 Å². The maximum atomic E-state index is 13.5. The fraction of sp³-hybridized carbons (Fsp3) is 0.412. The molecule has 0 unspecified atom stereocenters. The number of β-amino-alcohol motifs (C(OH)–C–C–N with tert-alkyl or cyclic N) is 1. The highest BCUT2D eigenvalue weighted by Crippen LogP contribution is 2.33. The van der Waals surface area contributed by atoms with Gasteiger partial charge in [-0.15, -0.1) is 0 Å². The van der Waals surface area contributed by atoms with Crippen molar-refractivity contribution in [3.63, 3.8) is 0 Å². The standard InChI is InChI=1S/C17H19F2N3O2/c1-10(2)22-6-5-15(20-22)17(24)21-9-12(23)8-16(21)11-3-4-13(18)14(19)7-11/h3-7,10,12,16,23H,8-9H2,1-2H3/t12-,16-/m0/s1. The first-order valence-corrected chi connectivity index (χ1v) is 7.86. The molecule has 0 spiro atoms. The Hall–Kier alpha value is -2.28. The van der Waals surface area contributed by atoms with E-state index in [0.717, 1.165) is 12.1 Å². The molecule has 5 nitrogen and oxygen atoms in total. The van der Waals surface area contributed by atoms with E-state index in [9.17, 15) is 18.7 Å². The Morgan fingerprint density at radius 3 is 2.67 bits per heavy atom. The molecule has 0 bridgehead atoms. The van der Waals surface area contributed by atoms with Crippen molar-refractivity contribution in [2.75, 3.05) is 6.54 Å². The first-order chi connectivity index (χ1) is 11.4. The summed E-state index contributed by atoms with van der Waals surface area (Å²) in [6, 6.07) is 4.78. The largest absolute Gasteiger partial charge is 0.391 e. The number of hydrogen-bond donors (Lipinski definition) is 1. The van der Waals surface area contributed by atoms with Crippen LogP contribution in [0.4, 0.5) is 8.78 Å². The van der Waals surface area contributed by atoms with E-state index in [1.165, 1.54) is 11.0 Å². The minimum Gasteiger partial charge on any atom is -0.391 e. The lowest BCUT2D eigenvalue weighted by Gasteiger charge is -2.24. The Bertz CT molecular complexity index is 760. The Labute approximate surface area is 138 Å². The number of hydrogen-bond acceptors (Lipinski definition) is 3. The van der Waals surface area contributed by atoms with E-state index >= 15 is 0 Å². The van der Waals surface area contributed by atoms with Gasteiger partial charge in [0.05, 0.1) is 12.1 Å².